The molecule has 4 nitrogen and oxygen atoms in total. The number of rotatable bonds is 4. The first-order chi connectivity index (χ1) is 9.40. The number of primary amides is 1. The topological polar surface area (TPSA) is 77.2 Å². The molecule has 104 valence electrons. The van der Waals surface area contributed by atoms with Gasteiger partial charge in [0.1, 0.15) is 0 Å². The van der Waals surface area contributed by atoms with Gasteiger partial charge in [-0.3, -0.25) is 4.79 Å². The Labute approximate surface area is 118 Å². The van der Waals surface area contributed by atoms with E-state index in [4.69, 9.17) is 5.73 Å². The van der Waals surface area contributed by atoms with E-state index in [2.05, 4.69) is 0 Å². The van der Waals surface area contributed by atoms with E-state index in [-0.39, 0.29) is 4.90 Å². The molecule has 2 aromatic carbocycles. The minimum absolute atomic E-state index is 0.0742. The first kappa shape index (κ1) is 14.3. The lowest BCUT2D eigenvalue weighted by Gasteiger charge is -2.26. The predicted molar refractivity (Wildman–Crippen MR) is 76.6 cm³/mol. The van der Waals surface area contributed by atoms with Crippen LogP contribution in [0.2, 0.25) is 0 Å². The Morgan fingerprint density at radius 2 is 1.40 bits per heavy atom. The van der Waals surface area contributed by atoms with Crippen LogP contribution in [0.1, 0.15) is 12.5 Å². The smallest absolute Gasteiger partial charge is 0.243 e. The molecular weight excluding hydrogens is 274 g/mol. The van der Waals surface area contributed by atoms with Crippen molar-refractivity contribution in [2.45, 2.75) is 16.6 Å². The molecule has 2 N–H and O–H groups in total. The van der Waals surface area contributed by atoms with E-state index in [0.717, 1.165) is 0 Å². The van der Waals surface area contributed by atoms with Crippen LogP contribution in [0.15, 0.2) is 65.6 Å². The molecule has 0 aromatic heterocycles. The molecule has 0 radical (unpaired) electrons. The molecule has 0 unspecified atom stereocenters. The third kappa shape index (κ3) is 2.10. The molecule has 0 fully saturated rings. The Morgan fingerprint density at radius 3 is 1.85 bits per heavy atom. The van der Waals surface area contributed by atoms with Crippen LogP contribution in [0.5, 0.6) is 0 Å². The van der Waals surface area contributed by atoms with Gasteiger partial charge < -0.3 is 5.73 Å². The van der Waals surface area contributed by atoms with Gasteiger partial charge in [-0.05, 0) is 24.6 Å². The number of benzene rings is 2. The molecule has 5 heteroatoms. The third-order valence-corrected chi connectivity index (χ3v) is 5.79. The summed E-state index contributed by atoms with van der Waals surface area (Å²) >= 11 is 0. The first-order valence-corrected chi connectivity index (χ1v) is 7.54. The van der Waals surface area contributed by atoms with Crippen LogP contribution in [-0.4, -0.2) is 14.3 Å². The lowest BCUT2D eigenvalue weighted by atomic mass is 10.00. The van der Waals surface area contributed by atoms with Crippen molar-refractivity contribution >= 4 is 15.7 Å². The summed E-state index contributed by atoms with van der Waals surface area (Å²) in [6.07, 6.45) is 0. The summed E-state index contributed by atoms with van der Waals surface area (Å²) in [5.74, 6) is -0.896. The van der Waals surface area contributed by atoms with Crippen molar-refractivity contribution in [2.75, 3.05) is 0 Å². The van der Waals surface area contributed by atoms with Crippen molar-refractivity contribution in [3.63, 3.8) is 0 Å². The SMILES string of the molecule is C[C@](C(N)=O)(c1ccccc1)S(=O)(=O)c1ccccc1. The molecule has 1 atom stereocenters. The minimum atomic E-state index is -3.93. The number of hydrogen-bond acceptors (Lipinski definition) is 3. The molecule has 0 saturated carbocycles. The highest BCUT2D eigenvalue weighted by Crippen LogP contribution is 2.34. The van der Waals surface area contributed by atoms with Crippen LogP contribution >= 0.6 is 0 Å². The van der Waals surface area contributed by atoms with E-state index in [9.17, 15) is 13.2 Å². The molecule has 2 rings (SSSR count). The van der Waals surface area contributed by atoms with E-state index < -0.39 is 20.5 Å². The van der Waals surface area contributed by atoms with Crippen molar-refractivity contribution in [2.24, 2.45) is 5.73 Å². The summed E-state index contributed by atoms with van der Waals surface area (Å²) in [5, 5.41) is 0. The highest BCUT2D eigenvalue weighted by molar-refractivity contribution is 7.93. The Hall–Kier alpha value is -2.14. The third-order valence-electron chi connectivity index (χ3n) is 3.39. The summed E-state index contributed by atoms with van der Waals surface area (Å²) < 4.78 is 23.8. The lowest BCUT2D eigenvalue weighted by molar-refractivity contribution is -0.120. The van der Waals surface area contributed by atoms with Gasteiger partial charge >= 0.3 is 0 Å². The molecule has 0 spiro atoms. The quantitative estimate of drug-likeness (QED) is 0.933. The zero-order chi connectivity index (χ0) is 14.8. The van der Waals surface area contributed by atoms with Gasteiger partial charge in [0.05, 0.1) is 4.90 Å². The fraction of sp³-hybridized carbons (Fsp3) is 0.133. The maximum atomic E-state index is 12.8. The maximum Gasteiger partial charge on any atom is 0.243 e. The largest absolute Gasteiger partial charge is 0.368 e. The van der Waals surface area contributed by atoms with Crippen LogP contribution in [-0.2, 0) is 19.4 Å². The van der Waals surface area contributed by atoms with Gasteiger partial charge in [-0.25, -0.2) is 8.42 Å². The summed E-state index contributed by atoms with van der Waals surface area (Å²) in [7, 11) is -3.93. The highest BCUT2D eigenvalue weighted by Gasteiger charge is 2.47. The van der Waals surface area contributed by atoms with Crippen LogP contribution in [0.25, 0.3) is 0 Å². The second-order valence-electron chi connectivity index (χ2n) is 4.58. The number of carbonyl (C=O) groups excluding carboxylic acids is 1. The van der Waals surface area contributed by atoms with Gasteiger partial charge in [0, 0.05) is 0 Å². The zero-order valence-corrected chi connectivity index (χ0v) is 11.8. The standard InChI is InChI=1S/C15H15NO3S/c1-15(14(16)17,12-8-4-2-5-9-12)20(18,19)13-10-6-3-7-11-13/h2-11H,1H3,(H2,16,17)/t15-/m1/s1. The Morgan fingerprint density at radius 1 is 0.950 bits per heavy atom. The normalized spacial score (nSPS) is 14.4. The van der Waals surface area contributed by atoms with Gasteiger partial charge in [0.2, 0.25) is 5.91 Å². The predicted octanol–water partition coefficient (Wildman–Crippen LogP) is 1.86. The molecule has 0 aliphatic carbocycles. The second-order valence-corrected chi connectivity index (χ2v) is 6.87. The van der Waals surface area contributed by atoms with Gasteiger partial charge in [-0.2, -0.15) is 0 Å². The van der Waals surface area contributed by atoms with E-state index in [1.165, 1.54) is 19.1 Å². The van der Waals surface area contributed by atoms with Crippen LogP contribution < -0.4 is 5.73 Å². The van der Waals surface area contributed by atoms with Crippen molar-refractivity contribution in [1.82, 2.24) is 0 Å². The summed E-state index contributed by atoms with van der Waals surface area (Å²) in [5.41, 5.74) is 5.77. The van der Waals surface area contributed by atoms with Crippen molar-refractivity contribution < 1.29 is 13.2 Å². The van der Waals surface area contributed by atoms with Gasteiger partial charge in [0.25, 0.3) is 0 Å². The number of amides is 1. The van der Waals surface area contributed by atoms with Crippen LogP contribution in [0, 0.1) is 0 Å². The molecule has 1 amide bonds. The lowest BCUT2D eigenvalue weighted by Crippen LogP contribution is -2.45. The monoisotopic (exact) mass is 289 g/mol. The molecule has 0 aliphatic heterocycles. The average Bonchev–Trinajstić information content (AvgIpc) is 2.47. The Bertz CT molecular complexity index is 711. The van der Waals surface area contributed by atoms with Crippen molar-refractivity contribution in [3.8, 4) is 0 Å². The number of sulfone groups is 1. The van der Waals surface area contributed by atoms with E-state index in [1.807, 2.05) is 0 Å². The summed E-state index contributed by atoms with van der Waals surface area (Å²) in [6, 6.07) is 16.1. The highest BCUT2D eigenvalue weighted by atomic mass is 32.2. The minimum Gasteiger partial charge on any atom is -0.368 e. The first-order valence-electron chi connectivity index (χ1n) is 6.06. The van der Waals surface area contributed by atoms with Gasteiger partial charge in [0.15, 0.2) is 14.6 Å². The Balaban J connectivity index is 2.70. The fourth-order valence-corrected chi connectivity index (χ4v) is 3.72. The second kappa shape index (κ2) is 5.09. The molecule has 0 heterocycles. The summed E-state index contributed by atoms with van der Waals surface area (Å²) in [4.78, 5) is 12.0. The molecule has 20 heavy (non-hydrogen) atoms. The van der Waals surface area contributed by atoms with Crippen molar-refractivity contribution in [1.29, 1.82) is 0 Å². The maximum absolute atomic E-state index is 12.8. The summed E-state index contributed by atoms with van der Waals surface area (Å²) in [6.45, 7) is 1.34. The van der Waals surface area contributed by atoms with Crippen LogP contribution in [0.3, 0.4) is 0 Å². The molecule has 2 aromatic rings. The van der Waals surface area contributed by atoms with Gasteiger partial charge in [-0.15, -0.1) is 0 Å². The van der Waals surface area contributed by atoms with E-state index in [0.29, 0.717) is 5.56 Å². The van der Waals surface area contributed by atoms with E-state index >= 15 is 0 Å². The molecule has 0 saturated heterocycles. The number of carbonyl (C=O) groups is 1. The van der Waals surface area contributed by atoms with E-state index in [1.54, 1.807) is 48.5 Å². The van der Waals surface area contributed by atoms with Crippen LogP contribution in [0.4, 0.5) is 0 Å². The van der Waals surface area contributed by atoms with Gasteiger partial charge in [-0.1, -0.05) is 48.5 Å². The number of hydrogen-bond donors (Lipinski definition) is 1. The zero-order valence-electron chi connectivity index (χ0n) is 11.0. The molecular formula is C15H15NO3S. The molecule has 0 bridgehead atoms. The fourth-order valence-electron chi connectivity index (χ4n) is 2.02. The van der Waals surface area contributed by atoms with Crippen molar-refractivity contribution in [3.05, 3.63) is 66.2 Å². The average molecular weight is 289 g/mol. The Kier molecular flexibility index (Phi) is 3.63. The number of nitrogens with two attached hydrogens (primary N) is 1. The molecule has 0 aliphatic rings.